The Morgan fingerprint density at radius 1 is 1.45 bits per heavy atom. The van der Waals surface area contributed by atoms with Crippen LogP contribution >= 0.6 is 10.7 Å². The molecule has 0 saturated heterocycles. The van der Waals surface area contributed by atoms with Crippen LogP contribution in [0.1, 0.15) is 36.2 Å². The van der Waals surface area contributed by atoms with Gasteiger partial charge in [-0.2, -0.15) is 0 Å². The molecular weight excluding hydrogens is 305 g/mol. The first-order chi connectivity index (χ1) is 9.09. The molecule has 0 aliphatic rings. The van der Waals surface area contributed by atoms with Crippen LogP contribution in [0, 0.1) is 12.7 Å². The first-order valence-corrected chi connectivity index (χ1v) is 8.42. The second kappa shape index (κ2) is 6.10. The normalized spacial score (nSPS) is 13.1. The van der Waals surface area contributed by atoms with Crippen molar-refractivity contribution in [3.8, 4) is 0 Å². The summed E-state index contributed by atoms with van der Waals surface area (Å²) in [6, 6.07) is 1.92. The summed E-state index contributed by atoms with van der Waals surface area (Å²) in [5, 5.41) is 0. The SMILES string of the molecule is CCC(C)N(C)C(=O)c1cc(S(=O)(=O)Cl)c(C)cc1F. The molecule has 20 heavy (non-hydrogen) atoms. The summed E-state index contributed by atoms with van der Waals surface area (Å²) < 4.78 is 36.7. The Balaban J connectivity index is 3.36. The van der Waals surface area contributed by atoms with E-state index in [1.165, 1.54) is 11.8 Å². The van der Waals surface area contributed by atoms with Crippen LogP contribution < -0.4 is 0 Å². The number of rotatable bonds is 4. The first kappa shape index (κ1) is 16.9. The molecule has 0 aliphatic heterocycles. The largest absolute Gasteiger partial charge is 0.339 e. The molecule has 0 saturated carbocycles. The van der Waals surface area contributed by atoms with E-state index in [9.17, 15) is 17.6 Å². The lowest BCUT2D eigenvalue weighted by Gasteiger charge is -2.24. The van der Waals surface area contributed by atoms with Crippen molar-refractivity contribution in [2.75, 3.05) is 7.05 Å². The zero-order valence-corrected chi connectivity index (χ0v) is 13.3. The third-order valence-corrected chi connectivity index (χ3v) is 4.79. The fourth-order valence-corrected chi connectivity index (χ4v) is 2.94. The summed E-state index contributed by atoms with van der Waals surface area (Å²) in [7, 11) is 2.81. The van der Waals surface area contributed by atoms with Gasteiger partial charge in [-0.15, -0.1) is 0 Å². The lowest BCUT2D eigenvalue weighted by Crippen LogP contribution is -2.35. The minimum Gasteiger partial charge on any atom is -0.339 e. The van der Waals surface area contributed by atoms with Crippen molar-refractivity contribution in [3.63, 3.8) is 0 Å². The van der Waals surface area contributed by atoms with Crippen molar-refractivity contribution in [1.82, 2.24) is 4.90 Å². The predicted octanol–water partition coefficient (Wildman–Crippen LogP) is 2.93. The summed E-state index contributed by atoms with van der Waals surface area (Å²) in [5.41, 5.74) is -0.127. The second-order valence-electron chi connectivity index (χ2n) is 4.71. The maximum atomic E-state index is 13.9. The van der Waals surface area contributed by atoms with Crippen molar-refractivity contribution in [2.45, 2.75) is 38.1 Å². The summed E-state index contributed by atoms with van der Waals surface area (Å²) in [4.78, 5) is 13.3. The van der Waals surface area contributed by atoms with E-state index in [2.05, 4.69) is 0 Å². The van der Waals surface area contributed by atoms with Gasteiger partial charge in [-0.3, -0.25) is 4.79 Å². The van der Waals surface area contributed by atoms with Crippen molar-refractivity contribution in [1.29, 1.82) is 0 Å². The Morgan fingerprint density at radius 2 is 2.00 bits per heavy atom. The number of nitrogens with zero attached hydrogens (tertiary/aromatic N) is 1. The second-order valence-corrected chi connectivity index (χ2v) is 7.24. The predicted molar refractivity (Wildman–Crippen MR) is 76.0 cm³/mol. The van der Waals surface area contributed by atoms with Crippen molar-refractivity contribution >= 4 is 25.6 Å². The van der Waals surface area contributed by atoms with Gasteiger partial charge in [0.05, 0.1) is 10.5 Å². The van der Waals surface area contributed by atoms with Gasteiger partial charge in [0.2, 0.25) is 0 Å². The fourth-order valence-electron chi connectivity index (χ4n) is 1.74. The molecule has 0 fully saturated rings. The van der Waals surface area contributed by atoms with Crippen LogP contribution in [0.3, 0.4) is 0 Å². The molecule has 0 radical (unpaired) electrons. The van der Waals surface area contributed by atoms with E-state index in [-0.39, 0.29) is 22.1 Å². The number of halogens is 2. The average Bonchev–Trinajstić information content (AvgIpc) is 2.34. The van der Waals surface area contributed by atoms with E-state index in [4.69, 9.17) is 10.7 Å². The Hall–Kier alpha value is -1.14. The van der Waals surface area contributed by atoms with Gasteiger partial charge in [-0.25, -0.2) is 12.8 Å². The molecule has 1 rings (SSSR count). The lowest BCUT2D eigenvalue weighted by atomic mass is 10.1. The Morgan fingerprint density at radius 3 is 2.45 bits per heavy atom. The average molecular weight is 322 g/mol. The molecule has 0 spiro atoms. The molecule has 0 aromatic heterocycles. The Kier molecular flexibility index (Phi) is 5.15. The quantitative estimate of drug-likeness (QED) is 0.801. The molecule has 4 nitrogen and oxygen atoms in total. The lowest BCUT2D eigenvalue weighted by molar-refractivity contribution is 0.0735. The van der Waals surface area contributed by atoms with Crippen molar-refractivity contribution < 1.29 is 17.6 Å². The molecular formula is C13H17ClFNO3S. The summed E-state index contributed by atoms with van der Waals surface area (Å²) >= 11 is 0. The summed E-state index contributed by atoms with van der Waals surface area (Å²) in [6.07, 6.45) is 0.705. The van der Waals surface area contributed by atoms with Crippen LogP contribution in [0.2, 0.25) is 0 Å². The van der Waals surface area contributed by atoms with E-state index in [0.29, 0.717) is 6.42 Å². The number of carbonyl (C=O) groups excluding carboxylic acids is 1. The van der Waals surface area contributed by atoms with E-state index >= 15 is 0 Å². The zero-order chi connectivity index (χ0) is 15.7. The Labute approximate surface area is 123 Å². The van der Waals surface area contributed by atoms with Crippen molar-refractivity contribution in [2.24, 2.45) is 0 Å². The third kappa shape index (κ3) is 3.49. The molecule has 1 unspecified atom stereocenters. The highest BCUT2D eigenvalue weighted by molar-refractivity contribution is 8.13. The number of amides is 1. The molecule has 7 heteroatoms. The highest BCUT2D eigenvalue weighted by atomic mass is 35.7. The smallest absolute Gasteiger partial charge is 0.261 e. The third-order valence-electron chi connectivity index (χ3n) is 3.33. The molecule has 1 amide bonds. The summed E-state index contributed by atoms with van der Waals surface area (Å²) in [5.74, 6) is -1.33. The fraction of sp³-hybridized carbons (Fsp3) is 0.462. The van der Waals surface area contributed by atoms with Crippen molar-refractivity contribution in [3.05, 3.63) is 29.1 Å². The van der Waals surface area contributed by atoms with Crippen LogP contribution in [0.5, 0.6) is 0 Å². The maximum absolute atomic E-state index is 13.9. The number of benzene rings is 1. The van der Waals surface area contributed by atoms with Gasteiger partial charge in [0.25, 0.3) is 15.0 Å². The zero-order valence-electron chi connectivity index (χ0n) is 11.8. The van der Waals surface area contributed by atoms with Gasteiger partial charge in [0.15, 0.2) is 0 Å². The topological polar surface area (TPSA) is 54.5 Å². The molecule has 1 atom stereocenters. The van der Waals surface area contributed by atoms with Gasteiger partial charge < -0.3 is 4.90 Å². The number of hydrogen-bond acceptors (Lipinski definition) is 3. The van der Waals surface area contributed by atoms with Gasteiger partial charge in [-0.05, 0) is 38.0 Å². The molecule has 1 aromatic rings. The van der Waals surface area contributed by atoms with Crippen LogP contribution in [0.25, 0.3) is 0 Å². The van der Waals surface area contributed by atoms with Crippen LogP contribution in [0.4, 0.5) is 4.39 Å². The van der Waals surface area contributed by atoms with E-state index in [1.807, 2.05) is 13.8 Å². The molecule has 1 aromatic carbocycles. The van der Waals surface area contributed by atoms with Crippen LogP contribution in [-0.4, -0.2) is 32.3 Å². The van der Waals surface area contributed by atoms with Gasteiger partial charge in [0, 0.05) is 23.8 Å². The highest BCUT2D eigenvalue weighted by Gasteiger charge is 2.24. The maximum Gasteiger partial charge on any atom is 0.261 e. The molecule has 0 N–H and O–H groups in total. The van der Waals surface area contributed by atoms with Crippen LogP contribution in [0.15, 0.2) is 17.0 Å². The number of hydrogen-bond donors (Lipinski definition) is 0. The molecule has 0 heterocycles. The van der Waals surface area contributed by atoms with Gasteiger partial charge in [-0.1, -0.05) is 6.92 Å². The van der Waals surface area contributed by atoms with E-state index in [1.54, 1.807) is 7.05 Å². The minimum absolute atomic E-state index is 0.0840. The summed E-state index contributed by atoms with van der Waals surface area (Å²) in [6.45, 7) is 5.14. The van der Waals surface area contributed by atoms with E-state index in [0.717, 1.165) is 12.1 Å². The van der Waals surface area contributed by atoms with Crippen LogP contribution in [-0.2, 0) is 9.05 Å². The first-order valence-electron chi connectivity index (χ1n) is 6.11. The molecule has 0 bridgehead atoms. The van der Waals surface area contributed by atoms with E-state index < -0.39 is 20.8 Å². The van der Waals surface area contributed by atoms with Gasteiger partial charge >= 0.3 is 0 Å². The number of aryl methyl sites for hydroxylation is 1. The molecule has 112 valence electrons. The number of carbonyl (C=O) groups is 1. The van der Waals surface area contributed by atoms with Gasteiger partial charge in [0.1, 0.15) is 5.82 Å². The molecule has 0 aliphatic carbocycles. The minimum atomic E-state index is -4.02. The monoisotopic (exact) mass is 321 g/mol. The highest BCUT2D eigenvalue weighted by Crippen LogP contribution is 2.24. The standard InChI is InChI=1S/C13H17ClFNO3S/c1-5-9(3)16(4)13(17)10-7-12(20(14,18)19)8(2)6-11(10)15/h6-7,9H,5H2,1-4H3. The Bertz CT molecular complexity index is 631.